The van der Waals surface area contributed by atoms with Crippen molar-refractivity contribution in [3.05, 3.63) is 30.9 Å². The number of hydrogen-bond acceptors (Lipinski definition) is 8. The Hall–Kier alpha value is -3.04. The summed E-state index contributed by atoms with van der Waals surface area (Å²) < 4.78 is 3.32. The van der Waals surface area contributed by atoms with Gasteiger partial charge in [0.2, 0.25) is 17.8 Å². The van der Waals surface area contributed by atoms with Gasteiger partial charge >= 0.3 is 0 Å². The Bertz CT molecular complexity index is 716. The molecule has 0 amide bonds. The molecule has 3 aromatic heterocycles. The zero-order valence-electron chi connectivity index (χ0n) is 11.4. The molecule has 0 spiro atoms. The second-order valence-electron chi connectivity index (χ2n) is 4.30. The van der Waals surface area contributed by atoms with E-state index in [0.717, 1.165) is 5.82 Å². The van der Waals surface area contributed by atoms with E-state index in [1.165, 1.54) is 0 Å². The maximum atomic E-state index is 5.69. The van der Waals surface area contributed by atoms with E-state index in [2.05, 4.69) is 35.3 Å². The highest BCUT2D eigenvalue weighted by Crippen LogP contribution is 2.06. The normalized spacial score (nSPS) is 10.7. The molecule has 0 aliphatic carbocycles. The van der Waals surface area contributed by atoms with Crippen LogP contribution in [0, 0.1) is 0 Å². The lowest BCUT2D eigenvalue weighted by molar-refractivity contribution is 0.741. The SMILES string of the molecule is Cn1cnc(CCNc2nc(N)nc(-n3ccnc3)n2)n1. The Balaban J connectivity index is 1.68. The van der Waals surface area contributed by atoms with Crippen LogP contribution in [0.15, 0.2) is 25.0 Å². The van der Waals surface area contributed by atoms with E-state index in [1.807, 2.05) is 7.05 Å². The Morgan fingerprint density at radius 1 is 1.24 bits per heavy atom. The van der Waals surface area contributed by atoms with Crippen molar-refractivity contribution in [2.75, 3.05) is 17.6 Å². The van der Waals surface area contributed by atoms with Crippen LogP contribution < -0.4 is 11.1 Å². The van der Waals surface area contributed by atoms with Crippen LogP contribution in [0.4, 0.5) is 11.9 Å². The average Bonchev–Trinajstić information content (AvgIpc) is 3.10. The molecular weight excluding hydrogens is 272 g/mol. The second-order valence-corrected chi connectivity index (χ2v) is 4.30. The summed E-state index contributed by atoms with van der Waals surface area (Å²) in [5, 5.41) is 7.27. The van der Waals surface area contributed by atoms with Gasteiger partial charge in [0.05, 0.1) is 0 Å². The lowest BCUT2D eigenvalue weighted by Crippen LogP contribution is -2.13. The number of hydrogen-bond donors (Lipinski definition) is 2. The molecule has 21 heavy (non-hydrogen) atoms. The van der Waals surface area contributed by atoms with Crippen molar-refractivity contribution in [1.82, 2.24) is 39.3 Å². The van der Waals surface area contributed by atoms with Gasteiger partial charge in [-0.1, -0.05) is 0 Å². The predicted molar refractivity (Wildman–Crippen MR) is 74.6 cm³/mol. The first-order chi connectivity index (χ1) is 10.2. The molecule has 3 N–H and O–H groups in total. The van der Waals surface area contributed by atoms with E-state index in [4.69, 9.17) is 5.73 Å². The first-order valence-corrected chi connectivity index (χ1v) is 6.29. The van der Waals surface area contributed by atoms with Crippen LogP contribution in [0.2, 0.25) is 0 Å². The highest BCUT2D eigenvalue weighted by Gasteiger charge is 2.06. The number of imidazole rings is 1. The molecule has 0 fully saturated rings. The Morgan fingerprint density at radius 3 is 2.86 bits per heavy atom. The maximum Gasteiger partial charge on any atom is 0.241 e. The highest BCUT2D eigenvalue weighted by molar-refractivity contribution is 5.35. The molecule has 3 aromatic rings. The number of aryl methyl sites for hydroxylation is 1. The monoisotopic (exact) mass is 286 g/mol. The van der Waals surface area contributed by atoms with E-state index in [1.54, 1.807) is 34.3 Å². The third kappa shape index (κ3) is 3.11. The maximum absolute atomic E-state index is 5.69. The Labute approximate surface area is 120 Å². The van der Waals surface area contributed by atoms with Gasteiger partial charge in [-0.3, -0.25) is 9.25 Å². The van der Waals surface area contributed by atoms with E-state index in [0.29, 0.717) is 24.9 Å². The summed E-state index contributed by atoms with van der Waals surface area (Å²) in [4.78, 5) is 20.5. The van der Waals surface area contributed by atoms with Gasteiger partial charge in [0.1, 0.15) is 12.7 Å². The van der Waals surface area contributed by atoms with Gasteiger partial charge in [0.25, 0.3) is 0 Å². The van der Waals surface area contributed by atoms with Crippen LogP contribution in [0.25, 0.3) is 5.95 Å². The van der Waals surface area contributed by atoms with Crippen LogP contribution in [-0.2, 0) is 13.5 Å². The van der Waals surface area contributed by atoms with Gasteiger partial charge in [-0.2, -0.15) is 20.1 Å². The summed E-state index contributed by atoms with van der Waals surface area (Å²) in [5.74, 6) is 1.72. The van der Waals surface area contributed by atoms with Crippen LogP contribution in [-0.4, -0.2) is 45.8 Å². The van der Waals surface area contributed by atoms with Crippen LogP contribution in [0.1, 0.15) is 5.82 Å². The fourth-order valence-electron chi connectivity index (χ4n) is 1.74. The zero-order valence-corrected chi connectivity index (χ0v) is 11.4. The molecule has 0 radical (unpaired) electrons. The molecule has 3 heterocycles. The van der Waals surface area contributed by atoms with Crippen molar-refractivity contribution in [2.45, 2.75) is 6.42 Å². The lowest BCUT2D eigenvalue weighted by Gasteiger charge is -2.06. The number of nitrogen functional groups attached to an aromatic ring is 1. The minimum Gasteiger partial charge on any atom is -0.368 e. The van der Waals surface area contributed by atoms with Crippen molar-refractivity contribution in [1.29, 1.82) is 0 Å². The summed E-state index contributed by atoms with van der Waals surface area (Å²) in [7, 11) is 1.83. The largest absolute Gasteiger partial charge is 0.368 e. The van der Waals surface area contributed by atoms with Crippen molar-refractivity contribution < 1.29 is 0 Å². The van der Waals surface area contributed by atoms with E-state index < -0.39 is 0 Å². The lowest BCUT2D eigenvalue weighted by atomic mass is 10.4. The van der Waals surface area contributed by atoms with Crippen molar-refractivity contribution in [2.24, 2.45) is 7.05 Å². The standard InChI is InChI=1S/C11H14N10/c1-20-7-15-8(19-20)2-3-14-10-16-9(12)17-11(18-10)21-5-4-13-6-21/h4-7H,2-3H2,1H3,(H3,12,14,16,17,18). The van der Waals surface area contributed by atoms with Gasteiger partial charge in [0, 0.05) is 32.4 Å². The van der Waals surface area contributed by atoms with Crippen LogP contribution in [0.5, 0.6) is 0 Å². The number of nitrogens with one attached hydrogen (secondary N) is 1. The molecule has 0 bridgehead atoms. The molecule has 0 saturated carbocycles. The van der Waals surface area contributed by atoms with Gasteiger partial charge in [-0.25, -0.2) is 9.97 Å². The third-order valence-corrected chi connectivity index (χ3v) is 2.66. The molecule has 0 saturated heterocycles. The highest BCUT2D eigenvalue weighted by atomic mass is 15.3. The number of aromatic nitrogens is 8. The molecule has 10 heteroatoms. The molecule has 0 aromatic carbocycles. The summed E-state index contributed by atoms with van der Waals surface area (Å²) in [6.45, 7) is 0.594. The number of nitrogens with two attached hydrogens (primary N) is 1. The fraction of sp³-hybridized carbons (Fsp3) is 0.273. The molecule has 0 unspecified atom stereocenters. The van der Waals surface area contributed by atoms with Crippen molar-refractivity contribution in [3.63, 3.8) is 0 Å². The topological polar surface area (TPSA) is 125 Å². The molecular formula is C11H14N10. The first-order valence-electron chi connectivity index (χ1n) is 6.29. The molecule has 10 nitrogen and oxygen atoms in total. The summed E-state index contributed by atoms with van der Waals surface area (Å²) in [6.07, 6.45) is 7.28. The Kier molecular flexibility index (Phi) is 3.41. The minimum atomic E-state index is 0.146. The fourth-order valence-corrected chi connectivity index (χ4v) is 1.74. The first kappa shape index (κ1) is 13.0. The average molecular weight is 286 g/mol. The smallest absolute Gasteiger partial charge is 0.241 e. The van der Waals surface area contributed by atoms with Gasteiger partial charge in [-0.05, 0) is 0 Å². The van der Waals surface area contributed by atoms with Gasteiger partial charge < -0.3 is 11.1 Å². The molecule has 3 rings (SSSR count). The molecule has 0 aliphatic rings. The minimum absolute atomic E-state index is 0.146. The number of rotatable bonds is 5. The van der Waals surface area contributed by atoms with Crippen LogP contribution >= 0.6 is 0 Å². The van der Waals surface area contributed by atoms with Crippen molar-refractivity contribution >= 4 is 11.9 Å². The predicted octanol–water partition coefficient (Wildman–Crippen LogP) is -0.577. The zero-order chi connectivity index (χ0) is 14.7. The Morgan fingerprint density at radius 2 is 2.14 bits per heavy atom. The molecule has 108 valence electrons. The second kappa shape index (κ2) is 5.53. The molecule has 0 atom stereocenters. The van der Waals surface area contributed by atoms with Crippen molar-refractivity contribution in [3.8, 4) is 5.95 Å². The third-order valence-electron chi connectivity index (χ3n) is 2.66. The summed E-state index contributed by atoms with van der Waals surface area (Å²) in [5.41, 5.74) is 5.69. The van der Waals surface area contributed by atoms with E-state index in [-0.39, 0.29) is 5.95 Å². The van der Waals surface area contributed by atoms with Crippen LogP contribution in [0.3, 0.4) is 0 Å². The van der Waals surface area contributed by atoms with E-state index in [9.17, 15) is 0 Å². The summed E-state index contributed by atoms with van der Waals surface area (Å²) >= 11 is 0. The number of anilines is 2. The number of nitrogens with zero attached hydrogens (tertiary/aromatic N) is 8. The quantitative estimate of drug-likeness (QED) is 0.638. The van der Waals surface area contributed by atoms with Gasteiger partial charge in [0.15, 0.2) is 5.82 Å². The van der Waals surface area contributed by atoms with Gasteiger partial charge in [-0.15, -0.1) is 0 Å². The summed E-state index contributed by atoms with van der Waals surface area (Å²) in [6, 6.07) is 0. The molecule has 0 aliphatic heterocycles. The van der Waals surface area contributed by atoms with E-state index >= 15 is 0 Å².